The molecule has 6 heteroatoms. The van der Waals surface area contributed by atoms with Crippen LogP contribution in [0.3, 0.4) is 0 Å². The number of nitrogens with zero attached hydrogens (tertiary/aromatic N) is 4. The lowest BCUT2D eigenvalue weighted by atomic mass is 10.00. The van der Waals surface area contributed by atoms with Crippen LogP contribution in [0.25, 0.3) is 87.9 Å². The molecule has 0 amide bonds. The van der Waals surface area contributed by atoms with Crippen molar-refractivity contribution in [2.24, 2.45) is 4.99 Å². The monoisotopic (exact) mass is 810 g/mol. The number of benzene rings is 8. The minimum atomic E-state index is -0.338. The molecule has 2 unspecified atom stereocenters. The number of hydrogen-bond donors (Lipinski definition) is 2. The maximum absolute atomic E-state index is 5.34. The Morgan fingerprint density at radius 3 is 1.81 bits per heavy atom. The summed E-state index contributed by atoms with van der Waals surface area (Å²) in [6, 6.07) is 68.4. The van der Waals surface area contributed by atoms with Crippen LogP contribution in [0.1, 0.15) is 30.9 Å². The quantitative estimate of drug-likeness (QED) is 0.176. The molecule has 2 atom stereocenters. The lowest BCUT2D eigenvalue weighted by Crippen LogP contribution is -2.48. The SMILES string of the molecule is C1=CC(C2=NC(c3ccccc3)NC(n3c4ccccc4c4ccc5c6ccccc6n(-c6cc7c(cc6-c6ccccc6)c6ccccc6n7-c6ccccc6)c5c43)N2)=CCC1. The van der Waals surface area contributed by atoms with Gasteiger partial charge in [-0.25, -0.2) is 4.99 Å². The van der Waals surface area contributed by atoms with Gasteiger partial charge >= 0.3 is 0 Å². The second-order valence-corrected chi connectivity index (χ2v) is 16.7. The predicted octanol–water partition coefficient (Wildman–Crippen LogP) is 13.7. The molecule has 1 aliphatic heterocycles. The van der Waals surface area contributed by atoms with Crippen LogP contribution < -0.4 is 10.6 Å². The molecule has 0 bridgehead atoms. The third-order valence-corrected chi connectivity index (χ3v) is 13.1. The van der Waals surface area contributed by atoms with E-state index in [0.29, 0.717) is 0 Å². The van der Waals surface area contributed by atoms with Gasteiger partial charge in [0.1, 0.15) is 12.0 Å². The summed E-state index contributed by atoms with van der Waals surface area (Å²) in [6.45, 7) is 0. The molecule has 2 aliphatic rings. The van der Waals surface area contributed by atoms with Crippen LogP contribution in [-0.2, 0) is 0 Å². The largest absolute Gasteiger partial charge is 0.337 e. The molecule has 6 nitrogen and oxygen atoms in total. The van der Waals surface area contributed by atoms with Crippen LogP contribution in [-0.4, -0.2) is 19.5 Å². The fourth-order valence-electron chi connectivity index (χ4n) is 10.4. The van der Waals surface area contributed by atoms with Crippen molar-refractivity contribution in [2.75, 3.05) is 0 Å². The second-order valence-electron chi connectivity index (χ2n) is 16.7. The number of aliphatic imine (C=N–C) groups is 1. The van der Waals surface area contributed by atoms with Crippen LogP contribution >= 0.6 is 0 Å². The molecule has 0 radical (unpaired) electrons. The van der Waals surface area contributed by atoms with E-state index in [9.17, 15) is 0 Å². The van der Waals surface area contributed by atoms with Gasteiger partial charge in [-0.1, -0.05) is 164 Å². The standard InChI is InChI=1S/C57H42N6/c1-5-19-37(20-6-1)46-35-47-43-29-15-16-30-48(43)61(40-25-11-4-12-26-40)52(47)36-51(46)62-49-31-17-13-27-41(49)44-33-34-45-42-28-14-18-32-50(42)63(54(45)53(44)62)57-59-55(38-21-7-2-8-22-38)58-56(60-57)39-23-9-3-10-24-39/h1-2,4-9,11-36,55,57,59H,3,10H2,(H,58,60). The Morgan fingerprint density at radius 1 is 0.492 bits per heavy atom. The van der Waals surface area contributed by atoms with Gasteiger partial charge < -0.3 is 19.0 Å². The van der Waals surface area contributed by atoms with Gasteiger partial charge in [-0.3, -0.25) is 5.32 Å². The van der Waals surface area contributed by atoms with Gasteiger partial charge in [0.15, 0.2) is 6.29 Å². The number of hydrogen-bond acceptors (Lipinski definition) is 3. The summed E-state index contributed by atoms with van der Waals surface area (Å²) in [5.41, 5.74) is 13.8. The van der Waals surface area contributed by atoms with Gasteiger partial charge in [-0.15, -0.1) is 0 Å². The first kappa shape index (κ1) is 35.8. The van der Waals surface area contributed by atoms with Gasteiger partial charge in [0.25, 0.3) is 0 Å². The third kappa shape index (κ3) is 5.58. The third-order valence-electron chi connectivity index (χ3n) is 13.1. The fourth-order valence-corrected chi connectivity index (χ4v) is 10.4. The number of fused-ring (bicyclic) bond motifs is 10. The summed E-state index contributed by atoms with van der Waals surface area (Å²) in [5.74, 6) is 0.896. The highest BCUT2D eigenvalue weighted by molar-refractivity contribution is 6.24. The average Bonchev–Trinajstić information content (AvgIpc) is 4.00. The van der Waals surface area contributed by atoms with Crippen molar-refractivity contribution in [2.45, 2.75) is 25.3 Å². The zero-order valence-corrected chi connectivity index (χ0v) is 34.5. The van der Waals surface area contributed by atoms with E-state index < -0.39 is 0 Å². The van der Waals surface area contributed by atoms with Crippen molar-refractivity contribution in [1.82, 2.24) is 24.3 Å². The van der Waals surface area contributed by atoms with Crippen molar-refractivity contribution >= 4 is 71.3 Å². The Labute approximate surface area is 364 Å². The molecule has 11 aromatic rings. The zero-order chi connectivity index (χ0) is 41.4. The molecule has 3 aromatic heterocycles. The molecule has 1 aliphatic carbocycles. The van der Waals surface area contributed by atoms with Crippen LogP contribution in [0.2, 0.25) is 0 Å². The summed E-state index contributed by atoms with van der Waals surface area (Å²) < 4.78 is 7.48. The average molecular weight is 811 g/mol. The Kier molecular flexibility index (Phi) is 8.14. The molecule has 13 rings (SSSR count). The van der Waals surface area contributed by atoms with E-state index >= 15 is 0 Å². The first-order valence-electron chi connectivity index (χ1n) is 21.9. The van der Waals surface area contributed by atoms with Crippen molar-refractivity contribution in [1.29, 1.82) is 0 Å². The summed E-state index contributed by atoms with van der Waals surface area (Å²) in [4.78, 5) is 5.34. The van der Waals surface area contributed by atoms with E-state index in [0.717, 1.165) is 68.8 Å². The van der Waals surface area contributed by atoms with Gasteiger partial charge in [0.2, 0.25) is 0 Å². The Hall–Kier alpha value is -7.93. The van der Waals surface area contributed by atoms with Crippen molar-refractivity contribution < 1.29 is 0 Å². The zero-order valence-electron chi connectivity index (χ0n) is 34.5. The highest BCUT2D eigenvalue weighted by Crippen LogP contribution is 2.45. The van der Waals surface area contributed by atoms with Gasteiger partial charge in [0.05, 0.1) is 38.8 Å². The summed E-state index contributed by atoms with van der Waals surface area (Å²) in [6.07, 6.45) is 8.22. The molecule has 0 spiro atoms. The Bertz CT molecular complexity index is 3680. The lowest BCUT2D eigenvalue weighted by Gasteiger charge is -2.34. The maximum Gasteiger partial charge on any atom is 0.162 e. The van der Waals surface area contributed by atoms with Gasteiger partial charge in [0, 0.05) is 49.1 Å². The number of rotatable bonds is 6. The summed E-state index contributed by atoms with van der Waals surface area (Å²) in [5, 5.41) is 15.2. The van der Waals surface area contributed by atoms with E-state index in [4.69, 9.17) is 4.99 Å². The normalized spacial score (nSPS) is 16.6. The number of amidine groups is 1. The van der Waals surface area contributed by atoms with E-state index in [2.05, 4.69) is 231 Å². The topological polar surface area (TPSA) is 51.2 Å². The smallest absolute Gasteiger partial charge is 0.162 e. The van der Waals surface area contributed by atoms with Gasteiger partial charge in [-0.2, -0.15) is 0 Å². The van der Waals surface area contributed by atoms with Gasteiger partial charge in [-0.05, 0) is 66.4 Å². The molecule has 63 heavy (non-hydrogen) atoms. The minimum absolute atomic E-state index is 0.267. The molecule has 2 N–H and O–H groups in total. The Balaban J connectivity index is 1.16. The Morgan fingerprint density at radius 2 is 1.10 bits per heavy atom. The highest BCUT2D eigenvalue weighted by atomic mass is 15.4. The first-order valence-corrected chi connectivity index (χ1v) is 21.9. The minimum Gasteiger partial charge on any atom is -0.337 e. The van der Waals surface area contributed by atoms with Crippen molar-refractivity contribution in [3.05, 3.63) is 217 Å². The van der Waals surface area contributed by atoms with E-state index in [1.165, 1.54) is 49.0 Å². The first-order chi connectivity index (χ1) is 31.3. The summed E-state index contributed by atoms with van der Waals surface area (Å²) in [7, 11) is 0. The maximum atomic E-state index is 5.34. The number of allylic oxidation sites excluding steroid dienone is 2. The van der Waals surface area contributed by atoms with E-state index in [1.54, 1.807) is 0 Å². The van der Waals surface area contributed by atoms with E-state index in [-0.39, 0.29) is 12.5 Å². The molecule has 0 fully saturated rings. The van der Waals surface area contributed by atoms with E-state index in [1.807, 2.05) is 0 Å². The summed E-state index contributed by atoms with van der Waals surface area (Å²) >= 11 is 0. The van der Waals surface area contributed by atoms with Crippen LogP contribution in [0, 0.1) is 0 Å². The lowest BCUT2D eigenvalue weighted by molar-refractivity contribution is 0.329. The number of para-hydroxylation sites is 4. The molecule has 8 aromatic carbocycles. The van der Waals surface area contributed by atoms with Crippen LogP contribution in [0.15, 0.2) is 217 Å². The molecule has 300 valence electrons. The molecule has 4 heterocycles. The van der Waals surface area contributed by atoms with Crippen molar-refractivity contribution in [3.8, 4) is 22.5 Å². The molecular formula is C57H42N6. The molecule has 0 saturated heterocycles. The van der Waals surface area contributed by atoms with Crippen LogP contribution in [0.4, 0.5) is 0 Å². The fraction of sp³-hybridized carbons (Fsp3) is 0.0702. The number of aromatic nitrogens is 3. The molecular weight excluding hydrogens is 769 g/mol. The second kappa shape index (κ2) is 14.3. The van der Waals surface area contributed by atoms with Crippen molar-refractivity contribution in [3.63, 3.8) is 0 Å². The highest BCUT2D eigenvalue weighted by Gasteiger charge is 2.31. The molecule has 0 saturated carbocycles. The predicted molar refractivity (Wildman–Crippen MR) is 262 cm³/mol. The number of nitrogens with one attached hydrogen (secondary N) is 2. The van der Waals surface area contributed by atoms with Crippen LogP contribution in [0.5, 0.6) is 0 Å².